The van der Waals surface area contributed by atoms with Gasteiger partial charge in [0, 0.05) is 6.20 Å². The van der Waals surface area contributed by atoms with Gasteiger partial charge in [-0.2, -0.15) is 0 Å². The molecular formula is C7H9N3OS. The maximum atomic E-state index is 4.84. The summed E-state index contributed by atoms with van der Waals surface area (Å²) in [5, 5.41) is 3.75. The van der Waals surface area contributed by atoms with Crippen LogP contribution < -0.4 is 0 Å². The van der Waals surface area contributed by atoms with Crippen LogP contribution in [0.4, 0.5) is 0 Å². The molecule has 1 rings (SSSR count). The van der Waals surface area contributed by atoms with Crippen LogP contribution >= 0.6 is 12.2 Å². The van der Waals surface area contributed by atoms with Crippen LogP contribution in [-0.2, 0) is 4.84 Å². The van der Waals surface area contributed by atoms with Gasteiger partial charge in [0.2, 0.25) is 0 Å². The fraction of sp³-hybridized carbons (Fsp3) is 0.286. The number of hydrogen-bond acceptors (Lipinski definition) is 4. The Kier molecular flexibility index (Phi) is 2.93. The first-order valence-corrected chi connectivity index (χ1v) is 3.78. The molecule has 0 unspecified atom stereocenters. The summed E-state index contributed by atoms with van der Waals surface area (Å²) >= 11 is 4.84. The van der Waals surface area contributed by atoms with Crippen molar-refractivity contribution in [2.45, 2.75) is 6.92 Å². The molecule has 0 saturated carbocycles. The lowest BCUT2D eigenvalue weighted by molar-refractivity contribution is 0.213. The Bertz CT molecular complexity index is 345. The highest BCUT2D eigenvalue weighted by Gasteiger charge is 1.96. The normalized spacial score (nSPS) is 11.3. The molecule has 4 nitrogen and oxygen atoms in total. The zero-order chi connectivity index (χ0) is 8.97. The summed E-state index contributed by atoms with van der Waals surface area (Å²) in [6.07, 6.45) is 1.63. The van der Waals surface area contributed by atoms with E-state index in [4.69, 9.17) is 12.2 Å². The zero-order valence-electron chi connectivity index (χ0n) is 6.87. The second-order valence-electron chi connectivity index (χ2n) is 2.15. The van der Waals surface area contributed by atoms with Gasteiger partial charge < -0.3 is 9.82 Å². The van der Waals surface area contributed by atoms with Crippen molar-refractivity contribution in [3.05, 3.63) is 22.7 Å². The topological polar surface area (TPSA) is 50.3 Å². The van der Waals surface area contributed by atoms with E-state index in [9.17, 15) is 0 Å². The lowest BCUT2D eigenvalue weighted by Crippen LogP contribution is -1.99. The van der Waals surface area contributed by atoms with E-state index in [2.05, 4.69) is 20.0 Å². The lowest BCUT2D eigenvalue weighted by atomic mass is 10.3. The van der Waals surface area contributed by atoms with Gasteiger partial charge in [0.05, 0.1) is 5.69 Å². The van der Waals surface area contributed by atoms with Gasteiger partial charge in [0.25, 0.3) is 0 Å². The summed E-state index contributed by atoms with van der Waals surface area (Å²) < 4.78 is 0.443. The standard InChI is InChI=1S/C7H9N3OS/c1-5(10-11-2)6-3-4-8-7(12)9-6/h3-4H,1-2H3,(H,8,9,12). The smallest absolute Gasteiger partial charge is 0.197 e. The van der Waals surface area contributed by atoms with Crippen molar-refractivity contribution in [1.29, 1.82) is 0 Å². The predicted molar refractivity (Wildman–Crippen MR) is 48.6 cm³/mol. The van der Waals surface area contributed by atoms with E-state index in [0.717, 1.165) is 11.4 Å². The molecule has 5 heteroatoms. The average molecular weight is 183 g/mol. The van der Waals surface area contributed by atoms with Crippen LogP contribution in [0.15, 0.2) is 17.4 Å². The number of nitrogens with one attached hydrogen (secondary N) is 1. The lowest BCUT2D eigenvalue weighted by Gasteiger charge is -1.97. The van der Waals surface area contributed by atoms with E-state index in [0.29, 0.717) is 4.77 Å². The van der Waals surface area contributed by atoms with Gasteiger partial charge in [-0.3, -0.25) is 0 Å². The maximum Gasteiger partial charge on any atom is 0.197 e. The Morgan fingerprint density at radius 3 is 3.08 bits per heavy atom. The van der Waals surface area contributed by atoms with Gasteiger partial charge in [-0.25, -0.2) is 4.98 Å². The number of H-pyrrole nitrogens is 1. The number of hydrogen-bond donors (Lipinski definition) is 1. The predicted octanol–water partition coefficient (Wildman–Crippen LogP) is 1.51. The molecule has 0 saturated heterocycles. The van der Waals surface area contributed by atoms with E-state index in [-0.39, 0.29) is 0 Å². The summed E-state index contributed by atoms with van der Waals surface area (Å²) in [5.41, 5.74) is 1.56. The minimum Gasteiger partial charge on any atom is -0.399 e. The van der Waals surface area contributed by atoms with Crippen molar-refractivity contribution < 1.29 is 4.84 Å². The van der Waals surface area contributed by atoms with Crippen molar-refractivity contribution >= 4 is 17.9 Å². The van der Waals surface area contributed by atoms with E-state index < -0.39 is 0 Å². The van der Waals surface area contributed by atoms with Crippen molar-refractivity contribution in [2.75, 3.05) is 7.11 Å². The highest BCUT2D eigenvalue weighted by Crippen LogP contribution is 1.95. The van der Waals surface area contributed by atoms with E-state index >= 15 is 0 Å². The molecular weight excluding hydrogens is 174 g/mol. The molecule has 0 radical (unpaired) electrons. The van der Waals surface area contributed by atoms with Gasteiger partial charge in [0.15, 0.2) is 4.77 Å². The largest absolute Gasteiger partial charge is 0.399 e. The third-order valence-electron chi connectivity index (χ3n) is 1.29. The highest BCUT2D eigenvalue weighted by atomic mass is 32.1. The van der Waals surface area contributed by atoms with Gasteiger partial charge in [-0.05, 0) is 25.2 Å². The van der Waals surface area contributed by atoms with Crippen LogP contribution in [0.25, 0.3) is 0 Å². The highest BCUT2D eigenvalue weighted by molar-refractivity contribution is 7.71. The van der Waals surface area contributed by atoms with Crippen LogP contribution in [0.2, 0.25) is 0 Å². The monoisotopic (exact) mass is 183 g/mol. The molecule has 0 atom stereocenters. The fourth-order valence-corrected chi connectivity index (χ4v) is 0.937. The fourth-order valence-electron chi connectivity index (χ4n) is 0.766. The molecule has 0 fully saturated rings. The number of nitrogens with zero attached hydrogens (tertiary/aromatic N) is 2. The molecule has 12 heavy (non-hydrogen) atoms. The Labute approximate surface area is 75.3 Å². The van der Waals surface area contributed by atoms with E-state index in [1.54, 1.807) is 12.3 Å². The van der Waals surface area contributed by atoms with Crippen molar-refractivity contribution in [2.24, 2.45) is 5.16 Å². The summed E-state index contributed by atoms with van der Waals surface area (Å²) in [6.45, 7) is 1.82. The summed E-state index contributed by atoms with van der Waals surface area (Å²) in [6, 6.07) is 1.79. The first-order chi connectivity index (χ1) is 5.74. The van der Waals surface area contributed by atoms with Crippen molar-refractivity contribution in [3.63, 3.8) is 0 Å². The number of aromatic amines is 1. The van der Waals surface area contributed by atoms with Crippen LogP contribution in [0, 0.1) is 4.77 Å². The Morgan fingerprint density at radius 1 is 1.75 bits per heavy atom. The first-order valence-electron chi connectivity index (χ1n) is 3.37. The van der Waals surface area contributed by atoms with Crippen molar-refractivity contribution in [1.82, 2.24) is 9.97 Å². The van der Waals surface area contributed by atoms with Crippen molar-refractivity contribution in [3.8, 4) is 0 Å². The Morgan fingerprint density at radius 2 is 2.50 bits per heavy atom. The second-order valence-corrected chi connectivity index (χ2v) is 2.53. The third-order valence-corrected chi connectivity index (χ3v) is 1.50. The zero-order valence-corrected chi connectivity index (χ0v) is 7.68. The molecule has 0 aliphatic heterocycles. The summed E-state index contributed by atoms with van der Waals surface area (Å²) in [4.78, 5) is 11.3. The van der Waals surface area contributed by atoms with Crippen LogP contribution in [-0.4, -0.2) is 22.8 Å². The van der Waals surface area contributed by atoms with E-state index in [1.807, 2.05) is 6.92 Å². The first kappa shape index (κ1) is 8.86. The number of rotatable bonds is 2. The molecule has 1 N–H and O–H groups in total. The van der Waals surface area contributed by atoms with Crippen LogP contribution in [0.3, 0.4) is 0 Å². The summed E-state index contributed by atoms with van der Waals surface area (Å²) in [7, 11) is 1.50. The van der Waals surface area contributed by atoms with Gasteiger partial charge in [-0.15, -0.1) is 0 Å². The Balaban J connectivity index is 3.03. The quantitative estimate of drug-likeness (QED) is 0.429. The second kappa shape index (κ2) is 3.96. The van der Waals surface area contributed by atoms with Crippen LogP contribution in [0.5, 0.6) is 0 Å². The molecule has 0 aliphatic rings. The molecule has 0 aromatic carbocycles. The molecule has 1 heterocycles. The number of oxime groups is 1. The minimum absolute atomic E-state index is 0.443. The van der Waals surface area contributed by atoms with Gasteiger partial charge >= 0.3 is 0 Å². The molecule has 64 valence electrons. The molecule has 0 spiro atoms. The molecule has 1 aromatic rings. The molecule has 0 aliphatic carbocycles. The average Bonchev–Trinajstić information content (AvgIpc) is 2.05. The van der Waals surface area contributed by atoms with Gasteiger partial charge in [-0.1, -0.05) is 5.16 Å². The van der Waals surface area contributed by atoms with Gasteiger partial charge in [0.1, 0.15) is 12.8 Å². The van der Waals surface area contributed by atoms with E-state index in [1.165, 1.54) is 7.11 Å². The summed E-state index contributed by atoms with van der Waals surface area (Å²) in [5.74, 6) is 0. The SMILES string of the molecule is CON=C(C)c1ccnc(=S)[nH]1. The van der Waals surface area contributed by atoms with Crippen LogP contribution in [0.1, 0.15) is 12.6 Å². The number of aromatic nitrogens is 2. The Hall–Kier alpha value is -1.23. The minimum atomic E-state index is 0.443. The molecule has 1 aromatic heterocycles. The molecule has 0 amide bonds. The third kappa shape index (κ3) is 2.13. The molecule has 0 bridgehead atoms. The maximum absolute atomic E-state index is 4.84.